The molecule has 4 aliphatic carbocycles. The molecule has 15 rings (SSSR count). The van der Waals surface area contributed by atoms with Crippen molar-refractivity contribution in [2.24, 2.45) is 0 Å². The summed E-state index contributed by atoms with van der Waals surface area (Å²) < 4.78 is 0. The van der Waals surface area contributed by atoms with Crippen molar-refractivity contribution in [3.8, 4) is 77.9 Å². The number of hydrogen-bond acceptors (Lipinski definition) is 1. The fraction of sp³-hybridized carbons (Fsp3) is 0.185. The van der Waals surface area contributed by atoms with Crippen LogP contribution in [-0.4, -0.2) is 0 Å². The van der Waals surface area contributed by atoms with Crippen molar-refractivity contribution in [3.05, 3.63) is 292 Å². The lowest BCUT2D eigenvalue weighted by molar-refractivity contribution is 0.586. The van der Waals surface area contributed by atoms with E-state index in [2.05, 4.69) is 311 Å². The smallest absolute Gasteiger partial charge is 0.0726 e. The molecule has 0 aliphatic heterocycles. The first-order chi connectivity index (χ1) is 39.5. The highest BCUT2D eigenvalue weighted by atomic mass is 15.1. The molecule has 11 aromatic carbocycles. The summed E-state index contributed by atoms with van der Waals surface area (Å²) in [7, 11) is 0. The van der Waals surface area contributed by atoms with Gasteiger partial charge in [-0.2, -0.15) is 0 Å². The predicted octanol–water partition coefficient (Wildman–Crippen LogP) is 21.7. The molecule has 0 N–H and O–H groups in total. The Morgan fingerprint density at radius 3 is 1.28 bits per heavy atom. The molecule has 0 saturated heterocycles. The molecule has 11 aromatic rings. The molecule has 1 nitrogen and oxygen atoms in total. The Morgan fingerprint density at radius 1 is 0.268 bits per heavy atom. The fourth-order valence-electron chi connectivity index (χ4n) is 15.3. The predicted molar refractivity (Wildman–Crippen MR) is 346 cm³/mol. The van der Waals surface area contributed by atoms with Crippen LogP contribution < -0.4 is 4.90 Å². The second-order valence-electron chi connectivity index (χ2n) is 26.8. The van der Waals surface area contributed by atoms with Gasteiger partial charge in [-0.3, -0.25) is 0 Å². The first-order valence-corrected chi connectivity index (χ1v) is 29.6. The third kappa shape index (κ3) is 7.11. The van der Waals surface area contributed by atoms with Gasteiger partial charge in [0, 0.05) is 27.8 Å². The number of fused-ring (bicyclic) bond motifs is 16. The zero-order valence-corrected chi connectivity index (χ0v) is 49.0. The van der Waals surface area contributed by atoms with Crippen LogP contribution in [0.5, 0.6) is 0 Å². The number of rotatable bonds is 6. The van der Waals surface area contributed by atoms with Gasteiger partial charge in [-0.25, -0.2) is 0 Å². The number of para-hydroxylation sites is 1. The fourth-order valence-corrected chi connectivity index (χ4v) is 15.3. The number of benzene rings is 11. The molecule has 1 heteroatoms. The molecule has 0 radical (unpaired) electrons. The molecule has 398 valence electrons. The average Bonchev–Trinajstić information content (AvgIpc) is 3.10. The lowest BCUT2D eigenvalue weighted by Crippen LogP contribution is -2.27. The third-order valence-corrected chi connectivity index (χ3v) is 19.4. The van der Waals surface area contributed by atoms with E-state index in [-0.39, 0.29) is 21.7 Å². The van der Waals surface area contributed by atoms with Crippen molar-refractivity contribution < 1.29 is 0 Å². The minimum absolute atomic E-state index is 0.0450. The van der Waals surface area contributed by atoms with Crippen LogP contribution in [0.1, 0.15) is 125 Å². The van der Waals surface area contributed by atoms with Crippen LogP contribution >= 0.6 is 0 Å². The molecule has 0 heterocycles. The number of hydrogen-bond donors (Lipinski definition) is 0. The maximum atomic E-state index is 2.57. The van der Waals surface area contributed by atoms with Crippen molar-refractivity contribution in [1.82, 2.24) is 0 Å². The minimum atomic E-state index is -0.554. The Balaban J connectivity index is 0.948. The van der Waals surface area contributed by atoms with Crippen LogP contribution in [0.4, 0.5) is 17.1 Å². The van der Waals surface area contributed by atoms with Gasteiger partial charge in [0.25, 0.3) is 0 Å². The van der Waals surface area contributed by atoms with E-state index in [4.69, 9.17) is 0 Å². The quantitative estimate of drug-likeness (QED) is 0.160. The lowest BCUT2D eigenvalue weighted by atomic mass is 9.68. The van der Waals surface area contributed by atoms with Crippen LogP contribution in [0.25, 0.3) is 77.9 Å². The lowest BCUT2D eigenvalue weighted by Gasteiger charge is -2.34. The summed E-state index contributed by atoms with van der Waals surface area (Å²) in [6, 6.07) is 91.0. The van der Waals surface area contributed by atoms with E-state index in [1.54, 1.807) is 0 Å². The summed E-state index contributed by atoms with van der Waals surface area (Å²) >= 11 is 0. The Labute approximate surface area is 485 Å². The van der Waals surface area contributed by atoms with Gasteiger partial charge in [-0.05, 0) is 175 Å². The maximum Gasteiger partial charge on any atom is 0.0726 e. The molecule has 0 amide bonds. The second kappa shape index (κ2) is 17.6. The van der Waals surface area contributed by atoms with E-state index < -0.39 is 5.41 Å². The van der Waals surface area contributed by atoms with Crippen molar-refractivity contribution in [2.45, 2.75) is 96.3 Å². The van der Waals surface area contributed by atoms with Gasteiger partial charge >= 0.3 is 0 Å². The van der Waals surface area contributed by atoms with Crippen molar-refractivity contribution in [1.29, 1.82) is 0 Å². The van der Waals surface area contributed by atoms with Crippen LogP contribution in [-0.2, 0) is 27.1 Å². The molecule has 0 unspecified atom stereocenters. The summed E-state index contributed by atoms with van der Waals surface area (Å²) in [5, 5.41) is 0. The molecule has 0 fully saturated rings. The van der Waals surface area contributed by atoms with Crippen LogP contribution in [0, 0.1) is 0 Å². The molecule has 0 saturated carbocycles. The zero-order chi connectivity index (χ0) is 56.2. The first kappa shape index (κ1) is 50.2. The second-order valence-corrected chi connectivity index (χ2v) is 26.8. The van der Waals surface area contributed by atoms with Gasteiger partial charge in [-0.15, -0.1) is 0 Å². The highest BCUT2D eigenvalue weighted by Crippen LogP contribution is 2.65. The topological polar surface area (TPSA) is 3.24 Å². The Morgan fingerprint density at radius 2 is 0.671 bits per heavy atom. The zero-order valence-electron chi connectivity index (χ0n) is 49.0. The normalized spacial score (nSPS) is 15.0. The summed E-state index contributed by atoms with van der Waals surface area (Å²) in [5.41, 5.74) is 34.0. The highest BCUT2D eigenvalue weighted by Gasteiger charge is 2.53. The molecule has 1 spiro atoms. The molecule has 0 atom stereocenters. The highest BCUT2D eigenvalue weighted by molar-refractivity contribution is 5.99. The molecular formula is C81H69N. The van der Waals surface area contributed by atoms with Crippen LogP contribution in [0.15, 0.2) is 237 Å². The van der Waals surface area contributed by atoms with Gasteiger partial charge in [0.2, 0.25) is 0 Å². The van der Waals surface area contributed by atoms with Gasteiger partial charge in [-0.1, -0.05) is 269 Å². The molecule has 4 aliphatic rings. The van der Waals surface area contributed by atoms with Gasteiger partial charge in [0.1, 0.15) is 0 Å². The molecule has 0 bridgehead atoms. The standard InChI is InChI=1S/C81H69N/c1-77(2,3)52-37-43-63-64-44-38-53(78(4,5)6)48-73(64)81(72(63)47-52)70-32-19-15-26-60(70)65-45-41-55(49-74(65)81)82(75-33-20-16-23-57(75)51-36-42-62-59-25-13-17-30-68(59)79(7,8)71(62)46-51)54-39-34-50(35-40-54)56-22-11-12-24-58(56)66-28-21-29-67-61-27-14-18-31-69(61)80(9,10)76(66)67/h11-49H,1-10H3. The summed E-state index contributed by atoms with van der Waals surface area (Å²) in [4.78, 5) is 2.55. The van der Waals surface area contributed by atoms with E-state index in [1.165, 1.54) is 134 Å². The monoisotopic (exact) mass is 1060 g/mol. The van der Waals surface area contributed by atoms with E-state index in [0.29, 0.717) is 0 Å². The maximum absolute atomic E-state index is 2.57. The van der Waals surface area contributed by atoms with E-state index in [0.717, 1.165) is 17.1 Å². The first-order valence-electron chi connectivity index (χ1n) is 29.6. The van der Waals surface area contributed by atoms with Gasteiger partial charge in [0.15, 0.2) is 0 Å². The number of anilines is 3. The minimum Gasteiger partial charge on any atom is -0.310 e. The van der Waals surface area contributed by atoms with Crippen LogP contribution in [0.2, 0.25) is 0 Å². The van der Waals surface area contributed by atoms with Crippen LogP contribution in [0.3, 0.4) is 0 Å². The molecular weight excluding hydrogens is 987 g/mol. The SMILES string of the molecule is CC(C)(C)c1ccc2c(c1)C1(c3ccccc3-c3ccc(N(c4ccc(-c5ccccc5-c5cccc6c5C(C)(C)c5ccccc5-6)cc4)c4ccccc4-c4ccc5c(c4)C(C)(C)c4ccccc4-5)cc31)c1cc(C(C)(C)C)ccc1-2. The molecule has 82 heavy (non-hydrogen) atoms. The summed E-state index contributed by atoms with van der Waals surface area (Å²) in [6.45, 7) is 23.7. The number of nitrogens with zero attached hydrogens (tertiary/aromatic N) is 1. The van der Waals surface area contributed by atoms with Gasteiger partial charge < -0.3 is 4.90 Å². The van der Waals surface area contributed by atoms with E-state index in [9.17, 15) is 0 Å². The van der Waals surface area contributed by atoms with E-state index in [1.807, 2.05) is 0 Å². The molecule has 0 aromatic heterocycles. The van der Waals surface area contributed by atoms with Crippen molar-refractivity contribution in [3.63, 3.8) is 0 Å². The Hall–Kier alpha value is -8.78. The third-order valence-electron chi connectivity index (χ3n) is 19.4. The van der Waals surface area contributed by atoms with Crippen molar-refractivity contribution in [2.75, 3.05) is 4.90 Å². The largest absolute Gasteiger partial charge is 0.310 e. The summed E-state index contributed by atoms with van der Waals surface area (Å²) in [6.07, 6.45) is 0. The average molecular weight is 1060 g/mol. The van der Waals surface area contributed by atoms with Crippen molar-refractivity contribution >= 4 is 17.1 Å². The Kier molecular flexibility index (Phi) is 10.8. The summed E-state index contributed by atoms with van der Waals surface area (Å²) in [5.74, 6) is 0. The Bertz CT molecular complexity index is 4400. The van der Waals surface area contributed by atoms with Gasteiger partial charge in [0.05, 0.1) is 11.1 Å². The van der Waals surface area contributed by atoms with E-state index >= 15 is 0 Å².